The van der Waals surface area contributed by atoms with Crippen LogP contribution < -0.4 is 5.32 Å². The highest BCUT2D eigenvalue weighted by Gasteiger charge is 2.13. The predicted octanol–water partition coefficient (Wildman–Crippen LogP) is 5.45. The first-order valence-corrected chi connectivity index (χ1v) is 8.41. The van der Waals surface area contributed by atoms with Crippen LogP contribution in [0.2, 0.25) is 4.34 Å². The first-order valence-electron chi connectivity index (χ1n) is 6.42. The molecule has 1 N–H and O–H groups in total. The third-order valence-corrected chi connectivity index (χ3v) is 4.80. The maximum atomic E-state index is 6.05. The fraction of sp³-hybridized carbons (Fsp3) is 0.333. The number of hydrogen-bond donors (Lipinski definition) is 1. The summed E-state index contributed by atoms with van der Waals surface area (Å²) in [7, 11) is 0. The molecule has 1 nitrogen and oxygen atoms in total. The van der Waals surface area contributed by atoms with E-state index in [0.717, 1.165) is 28.2 Å². The molecule has 1 unspecified atom stereocenters. The summed E-state index contributed by atoms with van der Waals surface area (Å²) in [6.07, 6.45) is 2.13. The second-order valence-electron chi connectivity index (χ2n) is 4.48. The van der Waals surface area contributed by atoms with Crippen LogP contribution in [0, 0.1) is 0 Å². The lowest BCUT2D eigenvalue weighted by Crippen LogP contribution is -2.23. The maximum Gasteiger partial charge on any atom is 0.0931 e. The molecule has 102 valence electrons. The molecule has 1 heterocycles. The second-order valence-corrected chi connectivity index (χ2v) is 7.14. The van der Waals surface area contributed by atoms with Crippen molar-refractivity contribution in [1.29, 1.82) is 0 Å². The molecule has 4 heteroatoms. The number of hydrogen-bond acceptors (Lipinski definition) is 2. The lowest BCUT2D eigenvalue weighted by Gasteiger charge is -2.17. The molecule has 0 saturated heterocycles. The molecule has 0 radical (unpaired) electrons. The Balaban J connectivity index is 2.11. The molecular formula is C15H17BrClNS. The minimum atomic E-state index is 0.346. The van der Waals surface area contributed by atoms with Gasteiger partial charge in [0.25, 0.3) is 0 Å². The molecule has 0 fully saturated rings. The Bertz CT molecular complexity index is 509. The van der Waals surface area contributed by atoms with Crippen LogP contribution in [0.3, 0.4) is 0 Å². The molecule has 1 atom stereocenters. The van der Waals surface area contributed by atoms with Gasteiger partial charge in [0, 0.05) is 15.4 Å². The summed E-state index contributed by atoms with van der Waals surface area (Å²) in [5, 5.41) is 3.60. The quantitative estimate of drug-likeness (QED) is 0.724. The SMILES string of the molecule is CCCNC(Cc1ccc(Br)cc1)c1ccc(Cl)s1. The molecule has 0 aliphatic heterocycles. The zero-order valence-electron chi connectivity index (χ0n) is 10.8. The van der Waals surface area contributed by atoms with Crippen LogP contribution >= 0.6 is 38.9 Å². The fourth-order valence-electron chi connectivity index (χ4n) is 1.96. The summed E-state index contributed by atoms with van der Waals surface area (Å²) < 4.78 is 1.97. The van der Waals surface area contributed by atoms with Crippen molar-refractivity contribution in [1.82, 2.24) is 5.32 Å². The van der Waals surface area contributed by atoms with Crippen LogP contribution in [0.5, 0.6) is 0 Å². The second kappa shape index (κ2) is 7.44. The van der Waals surface area contributed by atoms with E-state index in [1.807, 2.05) is 6.07 Å². The molecule has 0 bridgehead atoms. The highest BCUT2D eigenvalue weighted by atomic mass is 79.9. The van der Waals surface area contributed by atoms with Crippen LogP contribution in [0.15, 0.2) is 40.9 Å². The number of halogens is 2. The van der Waals surface area contributed by atoms with E-state index in [2.05, 4.69) is 58.5 Å². The maximum absolute atomic E-state index is 6.05. The molecule has 0 amide bonds. The van der Waals surface area contributed by atoms with E-state index >= 15 is 0 Å². The Hall–Kier alpha value is -0.350. The largest absolute Gasteiger partial charge is 0.309 e. The fourth-order valence-corrected chi connectivity index (χ4v) is 3.36. The Kier molecular flexibility index (Phi) is 5.89. The zero-order chi connectivity index (χ0) is 13.7. The van der Waals surface area contributed by atoms with Gasteiger partial charge in [0.2, 0.25) is 0 Å². The molecule has 2 aromatic rings. The predicted molar refractivity (Wildman–Crippen MR) is 88.2 cm³/mol. The standard InChI is InChI=1S/C15H17BrClNS/c1-2-9-18-13(14-7-8-15(17)19-14)10-11-3-5-12(16)6-4-11/h3-8,13,18H,2,9-10H2,1H3. The molecule has 2 rings (SSSR count). The van der Waals surface area contributed by atoms with Crippen LogP contribution in [0.25, 0.3) is 0 Å². The van der Waals surface area contributed by atoms with Crippen molar-refractivity contribution in [3.63, 3.8) is 0 Å². The first-order chi connectivity index (χ1) is 9.19. The summed E-state index contributed by atoms with van der Waals surface area (Å²) in [5.74, 6) is 0. The van der Waals surface area contributed by atoms with Crippen molar-refractivity contribution in [3.05, 3.63) is 55.6 Å². The van der Waals surface area contributed by atoms with Crippen molar-refractivity contribution < 1.29 is 0 Å². The number of benzene rings is 1. The summed E-state index contributed by atoms with van der Waals surface area (Å²) in [4.78, 5) is 1.31. The Morgan fingerprint density at radius 2 is 1.95 bits per heavy atom. The Labute approximate surface area is 132 Å². The molecule has 1 aromatic carbocycles. The lowest BCUT2D eigenvalue weighted by atomic mass is 10.0. The molecule has 19 heavy (non-hydrogen) atoms. The van der Waals surface area contributed by atoms with Crippen molar-refractivity contribution in [2.75, 3.05) is 6.54 Å². The average molecular weight is 359 g/mol. The highest BCUT2D eigenvalue weighted by Crippen LogP contribution is 2.29. The monoisotopic (exact) mass is 357 g/mol. The zero-order valence-corrected chi connectivity index (χ0v) is 14.0. The van der Waals surface area contributed by atoms with Gasteiger partial charge in [-0.05, 0) is 49.2 Å². The summed E-state index contributed by atoms with van der Waals surface area (Å²) in [6.45, 7) is 3.21. The molecule has 0 spiro atoms. The molecular weight excluding hydrogens is 342 g/mol. The Morgan fingerprint density at radius 3 is 2.53 bits per heavy atom. The van der Waals surface area contributed by atoms with Crippen LogP contribution in [0.1, 0.15) is 29.8 Å². The molecule has 0 aliphatic rings. The smallest absolute Gasteiger partial charge is 0.0931 e. The normalized spacial score (nSPS) is 12.6. The van der Waals surface area contributed by atoms with E-state index in [4.69, 9.17) is 11.6 Å². The minimum Gasteiger partial charge on any atom is -0.309 e. The molecule has 0 saturated carbocycles. The van der Waals surface area contributed by atoms with Gasteiger partial charge in [0.15, 0.2) is 0 Å². The van der Waals surface area contributed by atoms with Crippen molar-refractivity contribution in [3.8, 4) is 0 Å². The van der Waals surface area contributed by atoms with Gasteiger partial charge >= 0.3 is 0 Å². The van der Waals surface area contributed by atoms with E-state index in [1.54, 1.807) is 11.3 Å². The number of thiophene rings is 1. The highest BCUT2D eigenvalue weighted by molar-refractivity contribution is 9.10. The van der Waals surface area contributed by atoms with E-state index < -0.39 is 0 Å². The van der Waals surface area contributed by atoms with Gasteiger partial charge in [-0.1, -0.05) is 46.6 Å². The van der Waals surface area contributed by atoms with Crippen molar-refractivity contribution in [2.45, 2.75) is 25.8 Å². The van der Waals surface area contributed by atoms with Gasteiger partial charge in [-0.15, -0.1) is 11.3 Å². The van der Waals surface area contributed by atoms with Crippen LogP contribution in [-0.4, -0.2) is 6.54 Å². The van der Waals surface area contributed by atoms with Gasteiger partial charge in [0.05, 0.1) is 4.34 Å². The topological polar surface area (TPSA) is 12.0 Å². The average Bonchev–Trinajstić information content (AvgIpc) is 2.83. The van der Waals surface area contributed by atoms with E-state index in [-0.39, 0.29) is 0 Å². The van der Waals surface area contributed by atoms with Crippen molar-refractivity contribution in [2.24, 2.45) is 0 Å². The molecule has 0 aliphatic carbocycles. The van der Waals surface area contributed by atoms with Crippen molar-refractivity contribution >= 4 is 38.9 Å². The summed E-state index contributed by atoms with van der Waals surface area (Å²) >= 11 is 11.2. The van der Waals surface area contributed by atoms with Gasteiger partial charge in [-0.3, -0.25) is 0 Å². The first kappa shape index (κ1) is 15.0. The van der Waals surface area contributed by atoms with Gasteiger partial charge in [-0.2, -0.15) is 0 Å². The van der Waals surface area contributed by atoms with E-state index in [9.17, 15) is 0 Å². The lowest BCUT2D eigenvalue weighted by molar-refractivity contribution is 0.536. The Morgan fingerprint density at radius 1 is 1.21 bits per heavy atom. The summed E-state index contributed by atoms with van der Waals surface area (Å²) in [5.41, 5.74) is 1.33. The van der Waals surface area contributed by atoms with E-state index in [1.165, 1.54) is 10.4 Å². The van der Waals surface area contributed by atoms with Crippen LogP contribution in [0.4, 0.5) is 0 Å². The van der Waals surface area contributed by atoms with E-state index in [0.29, 0.717) is 6.04 Å². The van der Waals surface area contributed by atoms with Gasteiger partial charge in [0.1, 0.15) is 0 Å². The third kappa shape index (κ3) is 4.60. The molecule has 1 aromatic heterocycles. The number of rotatable bonds is 6. The number of nitrogens with one attached hydrogen (secondary N) is 1. The van der Waals surface area contributed by atoms with Gasteiger partial charge in [-0.25, -0.2) is 0 Å². The third-order valence-electron chi connectivity index (χ3n) is 2.93. The van der Waals surface area contributed by atoms with Crippen LogP contribution in [-0.2, 0) is 6.42 Å². The summed E-state index contributed by atoms with van der Waals surface area (Å²) in [6, 6.07) is 13.0. The van der Waals surface area contributed by atoms with Gasteiger partial charge < -0.3 is 5.32 Å². The minimum absolute atomic E-state index is 0.346.